The summed E-state index contributed by atoms with van der Waals surface area (Å²) in [5.74, 6) is 1.87. The first-order chi connectivity index (χ1) is 12.1. The average molecular weight is 340 g/mol. The Kier molecular flexibility index (Phi) is 5.46. The van der Waals surface area contributed by atoms with Crippen molar-refractivity contribution in [1.29, 1.82) is 0 Å². The molecule has 0 saturated heterocycles. The van der Waals surface area contributed by atoms with Gasteiger partial charge in [0.25, 0.3) is 0 Å². The summed E-state index contributed by atoms with van der Waals surface area (Å²) in [5, 5.41) is 0. The van der Waals surface area contributed by atoms with Crippen LogP contribution >= 0.6 is 0 Å². The number of oxazole rings is 1. The van der Waals surface area contributed by atoms with Crippen molar-refractivity contribution >= 4 is 0 Å². The van der Waals surface area contributed by atoms with Crippen LogP contribution in [0.25, 0.3) is 11.5 Å². The van der Waals surface area contributed by atoms with Crippen molar-refractivity contribution in [3.8, 4) is 17.2 Å². The summed E-state index contributed by atoms with van der Waals surface area (Å²) in [6, 6.07) is 15.9. The van der Waals surface area contributed by atoms with E-state index >= 15 is 0 Å². The van der Waals surface area contributed by atoms with E-state index in [-0.39, 0.29) is 5.82 Å². The molecular weight excluding hydrogens is 319 g/mol. The molecule has 1 aromatic heterocycles. The molecule has 25 heavy (non-hydrogen) atoms. The van der Waals surface area contributed by atoms with Gasteiger partial charge in [0.1, 0.15) is 23.9 Å². The van der Waals surface area contributed by atoms with Crippen molar-refractivity contribution in [1.82, 2.24) is 9.88 Å². The standard InChI is InChI=1S/C20H21FN2O2/c1-15-19(22-20(25-15)16-6-4-3-5-7-16)14-23(2)12-13-24-18-10-8-17(21)9-11-18/h3-11H,12-14H2,1-2H3. The fourth-order valence-electron chi connectivity index (χ4n) is 2.46. The number of aromatic nitrogens is 1. The molecule has 0 amide bonds. The Balaban J connectivity index is 1.53. The van der Waals surface area contributed by atoms with Gasteiger partial charge in [-0.05, 0) is 50.4 Å². The molecule has 0 atom stereocenters. The van der Waals surface area contributed by atoms with Crippen molar-refractivity contribution < 1.29 is 13.5 Å². The van der Waals surface area contributed by atoms with Crippen molar-refractivity contribution in [3.63, 3.8) is 0 Å². The highest BCUT2D eigenvalue weighted by Gasteiger charge is 2.13. The summed E-state index contributed by atoms with van der Waals surface area (Å²) >= 11 is 0. The summed E-state index contributed by atoms with van der Waals surface area (Å²) in [7, 11) is 2.00. The number of likely N-dealkylation sites (N-methyl/N-ethyl adjacent to an activating group) is 1. The number of rotatable bonds is 7. The maximum atomic E-state index is 12.9. The van der Waals surface area contributed by atoms with Gasteiger partial charge in [0.05, 0.1) is 5.69 Å². The summed E-state index contributed by atoms with van der Waals surface area (Å²) in [6.07, 6.45) is 0. The van der Waals surface area contributed by atoms with E-state index in [4.69, 9.17) is 9.15 Å². The molecule has 0 N–H and O–H groups in total. The first-order valence-electron chi connectivity index (χ1n) is 8.20. The SMILES string of the molecule is Cc1oc(-c2ccccc2)nc1CN(C)CCOc1ccc(F)cc1. The second kappa shape index (κ2) is 7.94. The maximum Gasteiger partial charge on any atom is 0.226 e. The minimum Gasteiger partial charge on any atom is -0.492 e. The average Bonchev–Trinajstić information content (AvgIpc) is 2.98. The molecule has 1 heterocycles. The molecule has 0 saturated carbocycles. The maximum absolute atomic E-state index is 12.9. The number of aryl methyl sites for hydroxylation is 1. The lowest BCUT2D eigenvalue weighted by molar-refractivity contribution is 0.231. The van der Waals surface area contributed by atoms with Crippen molar-refractivity contribution in [2.45, 2.75) is 13.5 Å². The summed E-state index contributed by atoms with van der Waals surface area (Å²) in [6.45, 7) is 3.85. The van der Waals surface area contributed by atoms with E-state index in [0.717, 1.165) is 23.6 Å². The zero-order chi connectivity index (χ0) is 17.6. The van der Waals surface area contributed by atoms with Gasteiger partial charge in [0, 0.05) is 18.7 Å². The molecule has 5 heteroatoms. The molecule has 0 radical (unpaired) electrons. The third kappa shape index (κ3) is 4.67. The molecule has 2 aromatic carbocycles. The van der Waals surface area contributed by atoms with Gasteiger partial charge in [-0.1, -0.05) is 18.2 Å². The molecule has 0 fully saturated rings. The highest BCUT2D eigenvalue weighted by Crippen LogP contribution is 2.22. The zero-order valence-corrected chi connectivity index (χ0v) is 14.4. The van der Waals surface area contributed by atoms with Gasteiger partial charge < -0.3 is 9.15 Å². The molecule has 3 aromatic rings. The Bertz CT molecular complexity index is 800. The molecule has 0 unspecified atom stereocenters. The van der Waals surface area contributed by atoms with Gasteiger partial charge in [-0.25, -0.2) is 9.37 Å². The minimum absolute atomic E-state index is 0.264. The van der Waals surface area contributed by atoms with Crippen LogP contribution in [0.5, 0.6) is 5.75 Å². The van der Waals surface area contributed by atoms with Crippen LogP contribution in [0.1, 0.15) is 11.5 Å². The molecule has 3 rings (SSSR count). The van der Waals surface area contributed by atoms with Crippen LogP contribution in [-0.2, 0) is 6.54 Å². The largest absolute Gasteiger partial charge is 0.492 e. The Morgan fingerprint density at radius 3 is 2.52 bits per heavy atom. The van der Waals surface area contributed by atoms with Gasteiger partial charge in [0.2, 0.25) is 5.89 Å². The van der Waals surface area contributed by atoms with Crippen molar-refractivity contribution in [2.24, 2.45) is 0 Å². The number of nitrogens with zero attached hydrogens (tertiary/aromatic N) is 2. The predicted molar refractivity (Wildman–Crippen MR) is 94.9 cm³/mol. The van der Waals surface area contributed by atoms with E-state index in [1.807, 2.05) is 44.3 Å². The molecule has 0 aliphatic carbocycles. The van der Waals surface area contributed by atoms with Crippen molar-refractivity contribution in [2.75, 3.05) is 20.2 Å². The lowest BCUT2D eigenvalue weighted by Crippen LogP contribution is -2.24. The first kappa shape index (κ1) is 17.2. The lowest BCUT2D eigenvalue weighted by atomic mass is 10.2. The quantitative estimate of drug-likeness (QED) is 0.643. The third-order valence-electron chi connectivity index (χ3n) is 3.89. The third-order valence-corrected chi connectivity index (χ3v) is 3.89. The molecule has 0 aliphatic rings. The van der Waals surface area contributed by atoms with E-state index in [1.54, 1.807) is 12.1 Å². The number of ether oxygens (including phenoxy) is 1. The highest BCUT2D eigenvalue weighted by molar-refractivity contribution is 5.53. The molecular formula is C20H21FN2O2. The summed E-state index contributed by atoms with van der Waals surface area (Å²) in [4.78, 5) is 6.72. The fraction of sp³-hybridized carbons (Fsp3) is 0.250. The van der Waals surface area contributed by atoms with Crippen LogP contribution in [0.2, 0.25) is 0 Å². The van der Waals surface area contributed by atoms with Crippen molar-refractivity contribution in [3.05, 3.63) is 71.9 Å². The van der Waals surface area contributed by atoms with Gasteiger partial charge in [-0.2, -0.15) is 0 Å². The number of benzene rings is 2. The van der Waals surface area contributed by atoms with E-state index in [0.29, 0.717) is 24.8 Å². The van der Waals surface area contributed by atoms with Crippen LogP contribution in [0.4, 0.5) is 4.39 Å². The normalized spacial score (nSPS) is 11.0. The van der Waals surface area contributed by atoms with E-state index in [1.165, 1.54) is 12.1 Å². The molecule has 4 nitrogen and oxygen atoms in total. The topological polar surface area (TPSA) is 38.5 Å². The second-order valence-corrected chi connectivity index (χ2v) is 5.93. The van der Waals surface area contributed by atoms with Crippen LogP contribution in [0.15, 0.2) is 59.0 Å². The summed E-state index contributed by atoms with van der Waals surface area (Å²) in [5.41, 5.74) is 1.89. The van der Waals surface area contributed by atoms with Crippen LogP contribution in [-0.4, -0.2) is 30.1 Å². The van der Waals surface area contributed by atoms with Crippen LogP contribution in [0, 0.1) is 12.7 Å². The van der Waals surface area contributed by atoms with Crippen LogP contribution < -0.4 is 4.74 Å². The Morgan fingerprint density at radius 2 is 1.80 bits per heavy atom. The van der Waals surface area contributed by atoms with Gasteiger partial charge >= 0.3 is 0 Å². The smallest absolute Gasteiger partial charge is 0.226 e. The van der Waals surface area contributed by atoms with E-state index in [2.05, 4.69) is 9.88 Å². The van der Waals surface area contributed by atoms with Gasteiger partial charge in [-0.3, -0.25) is 4.90 Å². The zero-order valence-electron chi connectivity index (χ0n) is 14.4. The van der Waals surface area contributed by atoms with E-state index in [9.17, 15) is 4.39 Å². The second-order valence-electron chi connectivity index (χ2n) is 5.93. The molecule has 0 aliphatic heterocycles. The number of hydrogen-bond donors (Lipinski definition) is 0. The molecule has 130 valence electrons. The highest BCUT2D eigenvalue weighted by atomic mass is 19.1. The lowest BCUT2D eigenvalue weighted by Gasteiger charge is -2.15. The monoisotopic (exact) mass is 340 g/mol. The Hall–Kier alpha value is -2.66. The van der Waals surface area contributed by atoms with E-state index < -0.39 is 0 Å². The fourth-order valence-corrected chi connectivity index (χ4v) is 2.46. The predicted octanol–water partition coefficient (Wildman–Crippen LogP) is 4.30. The number of halogens is 1. The first-order valence-corrected chi connectivity index (χ1v) is 8.20. The number of hydrogen-bond acceptors (Lipinski definition) is 4. The molecule has 0 bridgehead atoms. The molecule has 0 spiro atoms. The van der Waals surface area contributed by atoms with Crippen LogP contribution in [0.3, 0.4) is 0 Å². The van der Waals surface area contributed by atoms with Gasteiger partial charge in [0.15, 0.2) is 0 Å². The minimum atomic E-state index is -0.264. The summed E-state index contributed by atoms with van der Waals surface area (Å²) < 4.78 is 24.3. The Morgan fingerprint density at radius 1 is 1.08 bits per heavy atom. The Labute approximate surface area is 146 Å². The van der Waals surface area contributed by atoms with Gasteiger partial charge in [-0.15, -0.1) is 0 Å².